The van der Waals surface area contributed by atoms with E-state index in [9.17, 15) is 4.79 Å². The molecule has 0 saturated carbocycles. The Morgan fingerprint density at radius 1 is 1.14 bits per heavy atom. The van der Waals surface area contributed by atoms with E-state index in [0.29, 0.717) is 27.0 Å². The number of carbonyl (C=O) groups excluding carboxylic acids is 1. The first-order valence-electron chi connectivity index (χ1n) is 6.34. The Bertz CT molecular complexity index is 676. The van der Waals surface area contributed by atoms with Gasteiger partial charge in [0.25, 0.3) is 5.91 Å². The van der Waals surface area contributed by atoms with Gasteiger partial charge < -0.3 is 10.1 Å². The Kier molecular flexibility index (Phi) is 4.76. The fourth-order valence-corrected chi connectivity index (χ4v) is 2.65. The number of benzene rings is 2. The van der Waals surface area contributed by atoms with E-state index in [-0.39, 0.29) is 5.91 Å². The molecule has 0 unspecified atom stereocenters. The first-order valence-corrected chi connectivity index (χ1v) is 7.09. The monoisotopic (exact) mass is 323 g/mol. The van der Waals surface area contributed by atoms with Gasteiger partial charge in [-0.05, 0) is 49.2 Å². The average molecular weight is 324 g/mol. The number of aryl methyl sites for hydroxylation is 2. The van der Waals surface area contributed by atoms with E-state index in [1.807, 2.05) is 19.9 Å². The molecule has 5 heteroatoms. The van der Waals surface area contributed by atoms with E-state index in [2.05, 4.69) is 5.32 Å². The molecule has 0 aliphatic heterocycles. The zero-order valence-electron chi connectivity index (χ0n) is 12.0. The molecule has 0 aliphatic rings. The summed E-state index contributed by atoms with van der Waals surface area (Å²) in [6.45, 7) is 3.84. The molecule has 0 saturated heterocycles. The van der Waals surface area contributed by atoms with Crippen LogP contribution in [0.1, 0.15) is 21.5 Å². The maximum absolute atomic E-state index is 12.4. The van der Waals surface area contributed by atoms with Crippen LogP contribution in [-0.4, -0.2) is 13.0 Å². The highest BCUT2D eigenvalue weighted by Crippen LogP contribution is 2.29. The van der Waals surface area contributed by atoms with Crippen molar-refractivity contribution in [3.63, 3.8) is 0 Å². The van der Waals surface area contributed by atoms with Gasteiger partial charge in [-0.1, -0.05) is 29.3 Å². The highest BCUT2D eigenvalue weighted by Gasteiger charge is 2.15. The van der Waals surface area contributed by atoms with Crippen LogP contribution in [0, 0.1) is 13.8 Å². The van der Waals surface area contributed by atoms with Crippen molar-refractivity contribution < 1.29 is 9.53 Å². The summed E-state index contributed by atoms with van der Waals surface area (Å²) in [5.74, 6) is 0.140. The lowest BCUT2D eigenvalue weighted by atomic mass is 10.1. The van der Waals surface area contributed by atoms with Gasteiger partial charge in [0.1, 0.15) is 5.75 Å². The number of hydrogen-bond acceptors (Lipinski definition) is 2. The van der Waals surface area contributed by atoms with Crippen LogP contribution >= 0.6 is 23.2 Å². The number of halogens is 2. The van der Waals surface area contributed by atoms with Crippen molar-refractivity contribution in [2.24, 2.45) is 0 Å². The van der Waals surface area contributed by atoms with Crippen LogP contribution in [0.25, 0.3) is 0 Å². The summed E-state index contributed by atoms with van der Waals surface area (Å²) in [4.78, 5) is 12.4. The molecule has 2 aromatic carbocycles. The second kappa shape index (κ2) is 6.37. The van der Waals surface area contributed by atoms with Crippen LogP contribution in [0.4, 0.5) is 5.69 Å². The van der Waals surface area contributed by atoms with Crippen molar-refractivity contribution in [2.75, 3.05) is 12.4 Å². The SMILES string of the molecule is COc1ccc(Cl)cc1C(=O)Nc1c(C)cc(C)cc1Cl. The number of nitrogens with one attached hydrogen (secondary N) is 1. The third-order valence-corrected chi connectivity index (χ3v) is 3.61. The molecule has 21 heavy (non-hydrogen) atoms. The first kappa shape index (κ1) is 15.7. The zero-order valence-corrected chi connectivity index (χ0v) is 13.5. The Hall–Kier alpha value is -1.71. The maximum atomic E-state index is 12.4. The van der Waals surface area contributed by atoms with E-state index in [1.165, 1.54) is 7.11 Å². The van der Waals surface area contributed by atoms with Crippen LogP contribution < -0.4 is 10.1 Å². The number of rotatable bonds is 3. The Labute approximate surface area is 133 Å². The van der Waals surface area contributed by atoms with E-state index in [0.717, 1.165) is 11.1 Å². The van der Waals surface area contributed by atoms with Gasteiger partial charge in [-0.25, -0.2) is 0 Å². The molecule has 1 amide bonds. The quantitative estimate of drug-likeness (QED) is 0.874. The van der Waals surface area contributed by atoms with E-state index >= 15 is 0 Å². The Morgan fingerprint density at radius 3 is 2.48 bits per heavy atom. The van der Waals surface area contributed by atoms with Gasteiger partial charge in [0.15, 0.2) is 0 Å². The summed E-state index contributed by atoms with van der Waals surface area (Å²) in [6.07, 6.45) is 0. The molecule has 0 spiro atoms. The van der Waals surface area contributed by atoms with E-state index < -0.39 is 0 Å². The van der Waals surface area contributed by atoms with Crippen molar-refractivity contribution in [3.8, 4) is 5.75 Å². The van der Waals surface area contributed by atoms with Crippen molar-refractivity contribution in [3.05, 3.63) is 57.1 Å². The normalized spacial score (nSPS) is 10.3. The van der Waals surface area contributed by atoms with E-state index in [4.69, 9.17) is 27.9 Å². The molecule has 1 N–H and O–H groups in total. The topological polar surface area (TPSA) is 38.3 Å². The molecule has 0 fully saturated rings. The molecule has 2 aromatic rings. The van der Waals surface area contributed by atoms with Gasteiger partial charge >= 0.3 is 0 Å². The second-order valence-corrected chi connectivity index (χ2v) is 5.58. The highest BCUT2D eigenvalue weighted by atomic mass is 35.5. The maximum Gasteiger partial charge on any atom is 0.259 e. The number of anilines is 1. The lowest BCUT2D eigenvalue weighted by molar-refractivity contribution is 0.102. The van der Waals surface area contributed by atoms with Crippen LogP contribution in [0.5, 0.6) is 5.75 Å². The van der Waals surface area contributed by atoms with Crippen molar-refractivity contribution in [1.82, 2.24) is 0 Å². The third kappa shape index (κ3) is 3.49. The second-order valence-electron chi connectivity index (χ2n) is 4.74. The molecule has 3 nitrogen and oxygen atoms in total. The Morgan fingerprint density at radius 2 is 1.86 bits per heavy atom. The van der Waals surface area contributed by atoms with Gasteiger partial charge in [-0.15, -0.1) is 0 Å². The lowest BCUT2D eigenvalue weighted by Gasteiger charge is -2.13. The van der Waals surface area contributed by atoms with Gasteiger partial charge in [0, 0.05) is 5.02 Å². The van der Waals surface area contributed by atoms with Crippen LogP contribution in [0.2, 0.25) is 10.0 Å². The number of amides is 1. The molecule has 0 bridgehead atoms. The van der Waals surface area contributed by atoms with Gasteiger partial charge in [0.2, 0.25) is 0 Å². The molecule has 110 valence electrons. The predicted molar refractivity (Wildman–Crippen MR) is 86.9 cm³/mol. The summed E-state index contributed by atoms with van der Waals surface area (Å²) in [5, 5.41) is 3.78. The molecule has 0 aromatic heterocycles. The fourth-order valence-electron chi connectivity index (χ4n) is 2.11. The van der Waals surface area contributed by atoms with Gasteiger partial charge in [0.05, 0.1) is 23.4 Å². The van der Waals surface area contributed by atoms with Crippen molar-refractivity contribution in [1.29, 1.82) is 0 Å². The smallest absolute Gasteiger partial charge is 0.259 e. The van der Waals surface area contributed by atoms with Gasteiger partial charge in [-0.2, -0.15) is 0 Å². The molecular weight excluding hydrogens is 309 g/mol. The van der Waals surface area contributed by atoms with Crippen LogP contribution in [-0.2, 0) is 0 Å². The number of carbonyl (C=O) groups is 1. The van der Waals surface area contributed by atoms with E-state index in [1.54, 1.807) is 24.3 Å². The molecule has 2 rings (SSSR count). The van der Waals surface area contributed by atoms with Crippen molar-refractivity contribution >= 4 is 34.8 Å². The average Bonchev–Trinajstić information content (AvgIpc) is 2.42. The first-order chi connectivity index (χ1) is 9.92. The molecule has 0 radical (unpaired) electrons. The number of methoxy groups -OCH3 is 1. The lowest BCUT2D eigenvalue weighted by Crippen LogP contribution is -2.14. The minimum atomic E-state index is -0.316. The predicted octanol–water partition coefficient (Wildman–Crippen LogP) is 4.87. The standard InChI is InChI=1S/C16H15Cl2NO2/c1-9-6-10(2)15(13(18)7-9)19-16(20)12-8-11(17)4-5-14(12)21-3/h4-8H,1-3H3,(H,19,20). The summed E-state index contributed by atoms with van der Waals surface area (Å²) >= 11 is 12.1. The summed E-state index contributed by atoms with van der Waals surface area (Å²) in [7, 11) is 1.50. The minimum absolute atomic E-state index is 0.316. The van der Waals surface area contributed by atoms with Crippen LogP contribution in [0.15, 0.2) is 30.3 Å². The third-order valence-electron chi connectivity index (χ3n) is 3.08. The van der Waals surface area contributed by atoms with Gasteiger partial charge in [-0.3, -0.25) is 4.79 Å². The molecule has 0 aliphatic carbocycles. The minimum Gasteiger partial charge on any atom is -0.496 e. The summed E-state index contributed by atoms with van der Waals surface area (Å²) < 4.78 is 5.19. The summed E-state index contributed by atoms with van der Waals surface area (Å²) in [5.41, 5.74) is 2.89. The largest absolute Gasteiger partial charge is 0.496 e. The zero-order chi connectivity index (χ0) is 15.6. The molecule has 0 heterocycles. The van der Waals surface area contributed by atoms with Crippen molar-refractivity contribution in [2.45, 2.75) is 13.8 Å². The van der Waals surface area contributed by atoms with Crippen LogP contribution in [0.3, 0.4) is 0 Å². The fraction of sp³-hybridized carbons (Fsp3) is 0.188. The Balaban J connectivity index is 2.37. The number of ether oxygens (including phenoxy) is 1. The summed E-state index contributed by atoms with van der Waals surface area (Å²) in [6, 6.07) is 8.64. The molecular formula is C16H15Cl2NO2. The molecule has 0 atom stereocenters. The highest BCUT2D eigenvalue weighted by molar-refractivity contribution is 6.34. The number of hydrogen-bond donors (Lipinski definition) is 1.